The Bertz CT molecular complexity index is 1010. The molecule has 0 aliphatic heterocycles. The number of fused-ring (bicyclic) bond motifs is 2. The Morgan fingerprint density at radius 3 is 2.73 bits per heavy atom. The molecule has 0 amide bonds. The number of thiophene rings is 1. The van der Waals surface area contributed by atoms with Crippen molar-refractivity contribution in [3.8, 4) is 0 Å². The number of nitrogen functional groups attached to an aromatic ring is 1. The predicted octanol–water partition coefficient (Wildman–Crippen LogP) is 4.26. The molecule has 0 aliphatic carbocycles. The van der Waals surface area contributed by atoms with E-state index in [2.05, 4.69) is 4.98 Å². The molecule has 4 rings (SSSR count). The second kappa shape index (κ2) is 4.93. The Morgan fingerprint density at radius 2 is 1.82 bits per heavy atom. The third-order valence-electron chi connectivity index (χ3n) is 3.78. The molecule has 106 valence electrons. The fraction of sp³-hybridized carbons (Fsp3) is 0. The summed E-state index contributed by atoms with van der Waals surface area (Å²) in [5.74, 6) is -0.0354. The number of nitrogens with two attached hydrogens (primary N) is 1. The molecule has 0 saturated carbocycles. The van der Waals surface area contributed by atoms with Crippen molar-refractivity contribution in [2.45, 2.75) is 0 Å². The highest BCUT2D eigenvalue weighted by Crippen LogP contribution is 2.35. The van der Waals surface area contributed by atoms with Crippen molar-refractivity contribution >= 4 is 43.0 Å². The van der Waals surface area contributed by atoms with E-state index in [0.29, 0.717) is 16.1 Å². The van der Waals surface area contributed by atoms with Crippen LogP contribution in [0.25, 0.3) is 20.9 Å². The van der Waals surface area contributed by atoms with Crippen LogP contribution in [0.4, 0.5) is 5.00 Å². The molecule has 0 fully saturated rings. The molecular formula is C18H12N2OS. The zero-order valence-electron chi connectivity index (χ0n) is 11.6. The lowest BCUT2D eigenvalue weighted by molar-refractivity contribution is 0.104. The van der Waals surface area contributed by atoms with Crippen LogP contribution in [0.3, 0.4) is 0 Å². The number of nitrogens with zero attached hydrogens (tertiary/aromatic N) is 1. The van der Waals surface area contributed by atoms with Gasteiger partial charge < -0.3 is 5.73 Å². The predicted molar refractivity (Wildman–Crippen MR) is 91.4 cm³/mol. The van der Waals surface area contributed by atoms with Crippen molar-refractivity contribution in [3.05, 3.63) is 72.1 Å². The lowest BCUT2D eigenvalue weighted by atomic mass is 9.97. The molecule has 4 heteroatoms. The Balaban J connectivity index is 1.98. The summed E-state index contributed by atoms with van der Waals surface area (Å²) in [7, 11) is 0. The second-order valence-corrected chi connectivity index (χ2v) is 6.15. The van der Waals surface area contributed by atoms with E-state index in [4.69, 9.17) is 5.73 Å². The SMILES string of the molecule is Nc1sc2cnccc2c1C(=O)c1cccc2ccccc12. The van der Waals surface area contributed by atoms with Gasteiger partial charge in [0.05, 0.1) is 15.3 Å². The second-order valence-electron chi connectivity index (χ2n) is 5.07. The number of carbonyl (C=O) groups is 1. The van der Waals surface area contributed by atoms with Gasteiger partial charge in [-0.15, -0.1) is 11.3 Å². The van der Waals surface area contributed by atoms with Gasteiger partial charge in [0.15, 0.2) is 5.78 Å². The smallest absolute Gasteiger partial charge is 0.197 e. The monoisotopic (exact) mass is 304 g/mol. The molecule has 22 heavy (non-hydrogen) atoms. The first-order valence-electron chi connectivity index (χ1n) is 6.90. The van der Waals surface area contributed by atoms with E-state index in [1.165, 1.54) is 11.3 Å². The molecule has 0 atom stereocenters. The van der Waals surface area contributed by atoms with Gasteiger partial charge in [0.2, 0.25) is 0 Å². The normalized spacial score (nSPS) is 11.1. The van der Waals surface area contributed by atoms with Crippen LogP contribution >= 0.6 is 11.3 Å². The van der Waals surface area contributed by atoms with Crippen molar-refractivity contribution in [1.82, 2.24) is 4.98 Å². The average molecular weight is 304 g/mol. The van der Waals surface area contributed by atoms with Gasteiger partial charge in [-0.1, -0.05) is 42.5 Å². The minimum Gasteiger partial charge on any atom is -0.390 e. The molecule has 0 radical (unpaired) electrons. The van der Waals surface area contributed by atoms with E-state index in [-0.39, 0.29) is 5.78 Å². The number of pyridine rings is 1. The van der Waals surface area contributed by atoms with Crippen LogP contribution in [0.15, 0.2) is 60.9 Å². The Morgan fingerprint density at radius 1 is 1.00 bits per heavy atom. The van der Waals surface area contributed by atoms with Crippen LogP contribution in [0, 0.1) is 0 Å². The van der Waals surface area contributed by atoms with E-state index >= 15 is 0 Å². The fourth-order valence-corrected chi connectivity index (χ4v) is 3.70. The Labute approximate surface area is 131 Å². The van der Waals surface area contributed by atoms with Crippen LogP contribution in [-0.4, -0.2) is 10.8 Å². The number of carbonyl (C=O) groups excluding carboxylic acids is 1. The van der Waals surface area contributed by atoms with E-state index in [9.17, 15) is 4.79 Å². The molecule has 0 bridgehead atoms. The van der Waals surface area contributed by atoms with Crippen molar-refractivity contribution in [2.75, 3.05) is 5.73 Å². The number of aromatic nitrogens is 1. The van der Waals surface area contributed by atoms with Crippen molar-refractivity contribution in [1.29, 1.82) is 0 Å². The standard InChI is InChI=1S/C18H12N2OS/c19-18-16(14-8-9-20-10-15(14)22-18)17(21)13-7-3-5-11-4-1-2-6-12(11)13/h1-10H,19H2. The van der Waals surface area contributed by atoms with Gasteiger partial charge in [0, 0.05) is 23.3 Å². The quantitative estimate of drug-likeness (QED) is 0.563. The molecule has 2 aromatic carbocycles. The lowest BCUT2D eigenvalue weighted by Gasteiger charge is -2.06. The first-order chi connectivity index (χ1) is 10.8. The summed E-state index contributed by atoms with van der Waals surface area (Å²) >= 11 is 1.40. The maximum Gasteiger partial charge on any atom is 0.197 e. The summed E-state index contributed by atoms with van der Waals surface area (Å²) in [6.45, 7) is 0. The van der Waals surface area contributed by atoms with E-state index in [0.717, 1.165) is 20.9 Å². The van der Waals surface area contributed by atoms with Crippen molar-refractivity contribution in [2.24, 2.45) is 0 Å². The topological polar surface area (TPSA) is 56.0 Å². The number of hydrogen-bond acceptors (Lipinski definition) is 4. The minimum atomic E-state index is -0.0354. The number of rotatable bonds is 2. The van der Waals surface area contributed by atoms with Gasteiger partial charge >= 0.3 is 0 Å². The molecule has 0 unspecified atom stereocenters. The largest absolute Gasteiger partial charge is 0.390 e. The van der Waals surface area contributed by atoms with Gasteiger partial charge in [-0.2, -0.15) is 0 Å². The molecule has 2 aromatic heterocycles. The zero-order chi connectivity index (χ0) is 15.1. The summed E-state index contributed by atoms with van der Waals surface area (Å²) in [5.41, 5.74) is 7.37. The highest BCUT2D eigenvalue weighted by atomic mass is 32.1. The first kappa shape index (κ1) is 13.0. The van der Waals surface area contributed by atoms with Crippen molar-refractivity contribution in [3.63, 3.8) is 0 Å². The maximum absolute atomic E-state index is 13.1. The first-order valence-corrected chi connectivity index (χ1v) is 7.72. The minimum absolute atomic E-state index is 0.0354. The maximum atomic E-state index is 13.1. The molecule has 0 spiro atoms. The highest BCUT2D eigenvalue weighted by Gasteiger charge is 2.20. The average Bonchev–Trinajstić information content (AvgIpc) is 2.89. The summed E-state index contributed by atoms with van der Waals surface area (Å²) in [6, 6.07) is 15.5. The van der Waals surface area contributed by atoms with Gasteiger partial charge in [-0.05, 0) is 16.8 Å². The summed E-state index contributed by atoms with van der Waals surface area (Å²) in [4.78, 5) is 17.2. The molecule has 3 nitrogen and oxygen atoms in total. The summed E-state index contributed by atoms with van der Waals surface area (Å²) < 4.78 is 0.934. The lowest BCUT2D eigenvalue weighted by Crippen LogP contribution is -2.04. The Hall–Kier alpha value is -2.72. The molecule has 0 saturated heterocycles. The number of ketones is 1. The van der Waals surface area contributed by atoms with Gasteiger partial charge in [0.25, 0.3) is 0 Å². The zero-order valence-corrected chi connectivity index (χ0v) is 12.4. The van der Waals surface area contributed by atoms with Crippen LogP contribution in [0.1, 0.15) is 15.9 Å². The van der Waals surface area contributed by atoms with Crippen LogP contribution in [0.5, 0.6) is 0 Å². The van der Waals surface area contributed by atoms with Crippen LogP contribution in [-0.2, 0) is 0 Å². The third-order valence-corrected chi connectivity index (χ3v) is 4.75. The summed E-state index contributed by atoms with van der Waals surface area (Å²) in [6.07, 6.45) is 3.44. The molecule has 2 heterocycles. The van der Waals surface area contributed by atoms with Crippen LogP contribution < -0.4 is 5.73 Å². The third kappa shape index (κ3) is 1.89. The van der Waals surface area contributed by atoms with Crippen molar-refractivity contribution < 1.29 is 4.79 Å². The number of anilines is 1. The van der Waals surface area contributed by atoms with E-state index in [1.807, 2.05) is 48.5 Å². The molecule has 4 aromatic rings. The van der Waals surface area contributed by atoms with E-state index in [1.54, 1.807) is 12.4 Å². The Kier molecular flexibility index (Phi) is 2.91. The summed E-state index contributed by atoms with van der Waals surface area (Å²) in [5, 5.41) is 3.41. The van der Waals surface area contributed by atoms with Crippen LogP contribution in [0.2, 0.25) is 0 Å². The van der Waals surface area contributed by atoms with Gasteiger partial charge in [-0.25, -0.2) is 0 Å². The van der Waals surface area contributed by atoms with Gasteiger partial charge in [-0.3, -0.25) is 9.78 Å². The number of benzene rings is 2. The van der Waals surface area contributed by atoms with E-state index < -0.39 is 0 Å². The molecule has 2 N–H and O–H groups in total. The molecule has 0 aliphatic rings. The van der Waals surface area contributed by atoms with Gasteiger partial charge in [0.1, 0.15) is 0 Å². The molecular weight excluding hydrogens is 292 g/mol. The highest BCUT2D eigenvalue weighted by molar-refractivity contribution is 7.23. The number of hydrogen-bond donors (Lipinski definition) is 1. The fourth-order valence-electron chi connectivity index (χ4n) is 2.76.